The van der Waals surface area contributed by atoms with Gasteiger partial charge < -0.3 is 14.8 Å². The smallest absolute Gasteiger partial charge is 0.407 e. The van der Waals surface area contributed by atoms with Gasteiger partial charge >= 0.3 is 12.1 Å². The first-order valence-corrected chi connectivity index (χ1v) is 7.01. The van der Waals surface area contributed by atoms with Crippen LogP contribution in [0.3, 0.4) is 0 Å². The first kappa shape index (κ1) is 18.7. The zero-order valence-corrected chi connectivity index (χ0v) is 14.0. The highest BCUT2D eigenvalue weighted by Gasteiger charge is 2.25. The van der Waals surface area contributed by atoms with Gasteiger partial charge in [-0.1, -0.05) is 13.8 Å². The molecule has 1 amide bonds. The lowest BCUT2D eigenvalue weighted by atomic mass is 10.0. The van der Waals surface area contributed by atoms with E-state index >= 15 is 0 Å². The molecule has 0 heterocycles. The molecule has 0 spiro atoms. The summed E-state index contributed by atoms with van der Waals surface area (Å²) < 4.78 is 10.5. The molecule has 5 heteroatoms. The zero-order chi connectivity index (χ0) is 16.1. The molecule has 0 aliphatic heterocycles. The van der Waals surface area contributed by atoms with Gasteiger partial charge in [-0.15, -0.1) is 0 Å². The summed E-state index contributed by atoms with van der Waals surface area (Å²) in [5.74, 6) is -0.220. The predicted molar refractivity (Wildman–Crippen MR) is 78.5 cm³/mol. The van der Waals surface area contributed by atoms with Crippen molar-refractivity contribution in [2.45, 2.75) is 79.1 Å². The molecule has 0 aromatic heterocycles. The van der Waals surface area contributed by atoms with Gasteiger partial charge in [0.1, 0.15) is 11.2 Å². The number of ether oxygens (including phenoxy) is 2. The standard InChI is InChI=1S/C15H29NO4/c1-10(2)11(9-12(17)19-14(3,4)5)16-13(18)20-15(6,7)8/h10-11H,9H2,1-8H3,(H,16,18)/t11-/m0/s1. The van der Waals surface area contributed by atoms with Crippen molar-refractivity contribution in [1.82, 2.24) is 5.32 Å². The number of nitrogens with one attached hydrogen (secondary N) is 1. The van der Waals surface area contributed by atoms with E-state index in [0.717, 1.165) is 0 Å². The van der Waals surface area contributed by atoms with Gasteiger partial charge in [0.15, 0.2) is 0 Å². The number of rotatable bonds is 4. The van der Waals surface area contributed by atoms with E-state index in [1.165, 1.54) is 0 Å². The minimum atomic E-state index is -0.558. The maximum Gasteiger partial charge on any atom is 0.407 e. The van der Waals surface area contributed by atoms with Crippen molar-refractivity contribution in [3.8, 4) is 0 Å². The number of carbonyl (C=O) groups excluding carboxylic acids is 2. The summed E-state index contributed by atoms with van der Waals surface area (Å²) in [6.07, 6.45) is -0.381. The molecule has 0 aliphatic carbocycles. The Labute approximate surface area is 122 Å². The number of amides is 1. The molecule has 1 N–H and O–H groups in total. The van der Waals surface area contributed by atoms with Gasteiger partial charge in [0, 0.05) is 6.04 Å². The lowest BCUT2D eigenvalue weighted by molar-refractivity contribution is -0.155. The summed E-state index contributed by atoms with van der Waals surface area (Å²) in [4.78, 5) is 23.6. The van der Waals surface area contributed by atoms with Crippen LogP contribution >= 0.6 is 0 Å². The number of carbonyl (C=O) groups is 2. The molecular formula is C15H29NO4. The van der Waals surface area contributed by atoms with Crippen LogP contribution in [0.1, 0.15) is 61.8 Å². The number of hydrogen-bond donors (Lipinski definition) is 1. The van der Waals surface area contributed by atoms with Crippen molar-refractivity contribution in [2.24, 2.45) is 5.92 Å². The van der Waals surface area contributed by atoms with Crippen molar-refractivity contribution in [3.63, 3.8) is 0 Å². The van der Waals surface area contributed by atoms with Gasteiger partial charge in [-0.25, -0.2) is 4.79 Å². The monoisotopic (exact) mass is 287 g/mol. The fourth-order valence-corrected chi connectivity index (χ4v) is 1.48. The van der Waals surface area contributed by atoms with E-state index in [9.17, 15) is 9.59 Å². The predicted octanol–water partition coefficient (Wildman–Crippen LogP) is 3.27. The van der Waals surface area contributed by atoms with Crippen molar-refractivity contribution in [1.29, 1.82) is 0 Å². The lowest BCUT2D eigenvalue weighted by Gasteiger charge is -2.26. The van der Waals surface area contributed by atoms with Crippen LogP contribution in [0.2, 0.25) is 0 Å². The molecule has 118 valence electrons. The molecule has 0 saturated heterocycles. The molecule has 1 atom stereocenters. The van der Waals surface area contributed by atoms with Gasteiger partial charge in [0.2, 0.25) is 0 Å². The molecule has 0 aromatic rings. The van der Waals surface area contributed by atoms with Gasteiger partial charge in [-0.3, -0.25) is 4.79 Å². The normalized spacial score (nSPS) is 13.8. The summed E-state index contributed by atoms with van der Waals surface area (Å²) in [7, 11) is 0. The van der Waals surface area contributed by atoms with E-state index in [2.05, 4.69) is 5.32 Å². The second-order valence-corrected chi connectivity index (χ2v) is 7.29. The Morgan fingerprint density at radius 1 is 0.950 bits per heavy atom. The largest absolute Gasteiger partial charge is 0.460 e. The van der Waals surface area contributed by atoms with Crippen LogP contribution in [-0.2, 0) is 14.3 Å². The SMILES string of the molecule is CC(C)[C@H](CC(=O)OC(C)(C)C)NC(=O)OC(C)(C)C. The Morgan fingerprint density at radius 3 is 1.75 bits per heavy atom. The summed E-state index contributed by atoms with van der Waals surface area (Å²) in [5, 5.41) is 2.73. The first-order chi connectivity index (χ1) is 8.80. The number of hydrogen-bond acceptors (Lipinski definition) is 4. The summed E-state index contributed by atoms with van der Waals surface area (Å²) >= 11 is 0. The Morgan fingerprint density at radius 2 is 1.40 bits per heavy atom. The molecule has 0 bridgehead atoms. The fourth-order valence-electron chi connectivity index (χ4n) is 1.48. The Kier molecular flexibility index (Phi) is 6.51. The van der Waals surface area contributed by atoms with E-state index in [4.69, 9.17) is 9.47 Å². The zero-order valence-electron chi connectivity index (χ0n) is 14.0. The third-order valence-electron chi connectivity index (χ3n) is 2.31. The van der Waals surface area contributed by atoms with Crippen LogP contribution in [0.4, 0.5) is 4.79 Å². The van der Waals surface area contributed by atoms with Crippen LogP contribution in [0, 0.1) is 5.92 Å². The molecule has 5 nitrogen and oxygen atoms in total. The molecule has 0 radical (unpaired) electrons. The average molecular weight is 287 g/mol. The van der Waals surface area contributed by atoms with Crippen LogP contribution in [0.5, 0.6) is 0 Å². The maximum atomic E-state index is 11.8. The average Bonchev–Trinajstić information content (AvgIpc) is 2.09. The van der Waals surface area contributed by atoms with Crippen molar-refractivity contribution in [2.75, 3.05) is 0 Å². The van der Waals surface area contributed by atoms with Crippen LogP contribution in [0.15, 0.2) is 0 Å². The topological polar surface area (TPSA) is 64.6 Å². The second-order valence-electron chi connectivity index (χ2n) is 7.29. The minimum Gasteiger partial charge on any atom is -0.460 e. The number of alkyl carbamates (subject to hydrolysis) is 1. The van der Waals surface area contributed by atoms with E-state index in [1.807, 2.05) is 34.6 Å². The van der Waals surface area contributed by atoms with Crippen molar-refractivity contribution in [3.05, 3.63) is 0 Å². The summed E-state index contributed by atoms with van der Waals surface area (Å²) in [5.41, 5.74) is -1.08. The summed E-state index contributed by atoms with van der Waals surface area (Å²) in [6.45, 7) is 14.7. The van der Waals surface area contributed by atoms with Crippen molar-refractivity contribution < 1.29 is 19.1 Å². The van der Waals surface area contributed by atoms with Gasteiger partial charge in [0.05, 0.1) is 6.42 Å². The van der Waals surface area contributed by atoms with Gasteiger partial charge in [-0.05, 0) is 47.5 Å². The molecule has 0 aromatic carbocycles. The van der Waals surface area contributed by atoms with Gasteiger partial charge in [-0.2, -0.15) is 0 Å². The minimum absolute atomic E-state index is 0.107. The second kappa shape index (κ2) is 6.95. The highest BCUT2D eigenvalue weighted by Crippen LogP contribution is 2.14. The van der Waals surface area contributed by atoms with Crippen LogP contribution in [0.25, 0.3) is 0 Å². The quantitative estimate of drug-likeness (QED) is 0.806. The molecule has 0 aliphatic rings. The Hall–Kier alpha value is -1.26. The molecule has 0 saturated carbocycles. The lowest BCUT2D eigenvalue weighted by Crippen LogP contribution is -2.43. The highest BCUT2D eigenvalue weighted by atomic mass is 16.6. The van der Waals surface area contributed by atoms with E-state index < -0.39 is 17.3 Å². The highest BCUT2D eigenvalue weighted by molar-refractivity contribution is 5.73. The first-order valence-electron chi connectivity index (χ1n) is 7.01. The molecule has 0 rings (SSSR count). The molecular weight excluding hydrogens is 258 g/mol. The van der Waals surface area contributed by atoms with E-state index in [0.29, 0.717) is 0 Å². The van der Waals surface area contributed by atoms with Crippen LogP contribution in [-0.4, -0.2) is 29.3 Å². The summed E-state index contributed by atoms with van der Waals surface area (Å²) in [6, 6.07) is -0.306. The third-order valence-corrected chi connectivity index (χ3v) is 2.31. The number of esters is 1. The fraction of sp³-hybridized carbons (Fsp3) is 0.867. The molecule has 0 unspecified atom stereocenters. The maximum absolute atomic E-state index is 11.8. The Balaban J connectivity index is 4.52. The van der Waals surface area contributed by atoms with Gasteiger partial charge in [0.25, 0.3) is 0 Å². The molecule has 20 heavy (non-hydrogen) atoms. The van der Waals surface area contributed by atoms with Crippen molar-refractivity contribution >= 4 is 12.1 Å². The van der Waals surface area contributed by atoms with E-state index in [-0.39, 0.29) is 24.3 Å². The Bertz CT molecular complexity index is 307. The molecule has 0 fully saturated rings. The van der Waals surface area contributed by atoms with E-state index in [1.54, 1.807) is 20.8 Å². The third kappa shape index (κ3) is 9.64. The van der Waals surface area contributed by atoms with Crippen LogP contribution < -0.4 is 5.32 Å².